The van der Waals surface area contributed by atoms with Crippen LogP contribution in [-0.2, 0) is 25.5 Å². The lowest BCUT2D eigenvalue weighted by atomic mass is 10.0. The first-order valence-electron chi connectivity index (χ1n) is 15.4. The summed E-state index contributed by atoms with van der Waals surface area (Å²) in [7, 11) is 0. The fraction of sp³-hybridized carbons (Fsp3) is 0.394. The fourth-order valence-electron chi connectivity index (χ4n) is 5.69. The lowest BCUT2D eigenvalue weighted by molar-refractivity contribution is -0.138. The number of amides is 4. The number of carboxylic acid groups (broad SMARTS) is 1. The zero-order valence-electron chi connectivity index (χ0n) is 25.6. The SMILES string of the molecule is CCOC(=O)N1CCN(C(=O)[C@H](CCC(=O)O)NC(=O)c2cc(OCC(=O)N3CCCc4ccccc43)c3ccccc3n2)CC1. The first-order chi connectivity index (χ1) is 22.2. The predicted molar refractivity (Wildman–Crippen MR) is 168 cm³/mol. The summed E-state index contributed by atoms with van der Waals surface area (Å²) in [6.07, 6.45) is 0.789. The van der Waals surface area contributed by atoms with Gasteiger partial charge in [0.2, 0.25) is 5.91 Å². The van der Waals surface area contributed by atoms with E-state index >= 15 is 0 Å². The molecule has 0 bridgehead atoms. The second-order valence-electron chi connectivity index (χ2n) is 11.1. The monoisotopic (exact) mass is 631 g/mol. The number of aromatic nitrogens is 1. The van der Waals surface area contributed by atoms with E-state index < -0.39 is 29.9 Å². The Labute approximate surface area is 266 Å². The highest BCUT2D eigenvalue weighted by Crippen LogP contribution is 2.28. The topological polar surface area (TPSA) is 159 Å². The van der Waals surface area contributed by atoms with Gasteiger partial charge in [-0.05, 0) is 49.9 Å². The number of carboxylic acids is 1. The van der Waals surface area contributed by atoms with Crippen molar-refractivity contribution in [3.8, 4) is 5.75 Å². The van der Waals surface area contributed by atoms with Gasteiger partial charge in [-0.3, -0.25) is 19.2 Å². The van der Waals surface area contributed by atoms with Crippen molar-refractivity contribution in [1.82, 2.24) is 20.1 Å². The number of hydrogen-bond donors (Lipinski definition) is 2. The molecule has 1 saturated heterocycles. The number of rotatable bonds is 10. The molecule has 4 amide bonds. The van der Waals surface area contributed by atoms with Gasteiger partial charge in [-0.15, -0.1) is 0 Å². The van der Waals surface area contributed by atoms with Gasteiger partial charge < -0.3 is 34.6 Å². The van der Waals surface area contributed by atoms with E-state index in [-0.39, 0.29) is 69.6 Å². The third kappa shape index (κ3) is 7.53. The van der Waals surface area contributed by atoms with Gasteiger partial charge in [-0.25, -0.2) is 9.78 Å². The highest BCUT2D eigenvalue weighted by Gasteiger charge is 2.31. The number of nitrogens with zero attached hydrogens (tertiary/aromatic N) is 4. The second-order valence-corrected chi connectivity index (χ2v) is 11.1. The molecule has 0 unspecified atom stereocenters. The number of para-hydroxylation sites is 2. The van der Waals surface area contributed by atoms with Crippen LogP contribution in [0.3, 0.4) is 0 Å². The molecule has 1 aromatic heterocycles. The summed E-state index contributed by atoms with van der Waals surface area (Å²) in [5.41, 5.74) is 2.36. The Balaban J connectivity index is 1.31. The summed E-state index contributed by atoms with van der Waals surface area (Å²) in [6, 6.07) is 15.1. The predicted octanol–water partition coefficient (Wildman–Crippen LogP) is 2.86. The molecule has 0 aliphatic carbocycles. The van der Waals surface area contributed by atoms with E-state index in [1.807, 2.05) is 24.3 Å². The molecule has 1 fully saturated rings. The number of ether oxygens (including phenoxy) is 2. The van der Waals surface area contributed by atoms with Crippen molar-refractivity contribution < 1.29 is 38.6 Å². The molecule has 3 heterocycles. The van der Waals surface area contributed by atoms with Gasteiger partial charge in [0.15, 0.2) is 6.61 Å². The van der Waals surface area contributed by atoms with Gasteiger partial charge in [0.05, 0.1) is 12.1 Å². The van der Waals surface area contributed by atoms with Crippen molar-refractivity contribution in [1.29, 1.82) is 0 Å². The Bertz CT molecular complexity index is 1620. The van der Waals surface area contributed by atoms with Gasteiger partial charge in [-0.1, -0.05) is 30.3 Å². The first kappa shape index (κ1) is 32.2. The van der Waals surface area contributed by atoms with Crippen molar-refractivity contribution in [3.63, 3.8) is 0 Å². The third-order valence-electron chi connectivity index (χ3n) is 8.04. The molecule has 1 atom stereocenters. The quantitative estimate of drug-likeness (QED) is 0.343. The largest absolute Gasteiger partial charge is 0.483 e. The summed E-state index contributed by atoms with van der Waals surface area (Å²) >= 11 is 0. The summed E-state index contributed by atoms with van der Waals surface area (Å²) in [5.74, 6) is -2.21. The molecule has 13 heteroatoms. The van der Waals surface area contributed by atoms with Crippen molar-refractivity contribution >= 4 is 46.4 Å². The number of benzene rings is 2. The number of pyridine rings is 1. The minimum absolute atomic E-state index is 0.0512. The van der Waals surface area contributed by atoms with E-state index in [9.17, 15) is 29.1 Å². The van der Waals surface area contributed by atoms with Gasteiger partial charge in [0.1, 0.15) is 17.5 Å². The van der Waals surface area contributed by atoms with Gasteiger partial charge in [0.25, 0.3) is 11.8 Å². The lowest BCUT2D eigenvalue weighted by Gasteiger charge is -2.35. The van der Waals surface area contributed by atoms with Gasteiger partial charge in [0, 0.05) is 56.3 Å². The third-order valence-corrected chi connectivity index (χ3v) is 8.04. The lowest BCUT2D eigenvalue weighted by Crippen LogP contribution is -2.56. The summed E-state index contributed by atoms with van der Waals surface area (Å²) < 4.78 is 11.0. The van der Waals surface area contributed by atoms with E-state index in [4.69, 9.17) is 9.47 Å². The number of piperazine rings is 1. The highest BCUT2D eigenvalue weighted by atomic mass is 16.6. The second kappa shape index (κ2) is 14.7. The van der Waals surface area contributed by atoms with Crippen molar-refractivity contribution in [3.05, 3.63) is 65.9 Å². The Morgan fingerprint density at radius 2 is 1.67 bits per heavy atom. The number of carbonyl (C=O) groups excluding carboxylic acids is 4. The molecule has 2 aromatic carbocycles. The van der Waals surface area contributed by atoms with E-state index in [0.29, 0.717) is 17.4 Å². The molecule has 5 rings (SSSR count). The number of carbonyl (C=O) groups is 5. The van der Waals surface area contributed by atoms with E-state index in [2.05, 4.69) is 10.3 Å². The summed E-state index contributed by atoms with van der Waals surface area (Å²) in [5, 5.41) is 12.6. The van der Waals surface area contributed by atoms with E-state index in [1.54, 1.807) is 36.1 Å². The van der Waals surface area contributed by atoms with Crippen LogP contribution in [0.5, 0.6) is 5.75 Å². The van der Waals surface area contributed by atoms with Crippen LogP contribution in [0, 0.1) is 0 Å². The maximum absolute atomic E-state index is 13.5. The van der Waals surface area contributed by atoms with Crippen LogP contribution in [0.4, 0.5) is 10.5 Å². The Morgan fingerprint density at radius 1 is 0.957 bits per heavy atom. The minimum atomic E-state index is -1.14. The van der Waals surface area contributed by atoms with E-state index in [1.165, 1.54) is 15.9 Å². The molecule has 46 heavy (non-hydrogen) atoms. The average Bonchev–Trinajstić information content (AvgIpc) is 3.08. The van der Waals surface area contributed by atoms with Gasteiger partial charge in [-0.2, -0.15) is 0 Å². The highest BCUT2D eigenvalue weighted by molar-refractivity contribution is 6.00. The van der Waals surface area contributed by atoms with E-state index in [0.717, 1.165) is 24.1 Å². The Morgan fingerprint density at radius 3 is 2.43 bits per heavy atom. The molecular formula is C33H37N5O8. The first-order valence-corrected chi connectivity index (χ1v) is 15.4. The summed E-state index contributed by atoms with van der Waals surface area (Å²) in [4.78, 5) is 72.9. The fourth-order valence-corrected chi connectivity index (χ4v) is 5.69. The summed E-state index contributed by atoms with van der Waals surface area (Å²) in [6.45, 7) is 3.17. The maximum Gasteiger partial charge on any atom is 0.409 e. The molecule has 0 radical (unpaired) electrons. The van der Waals surface area contributed by atoms with Crippen LogP contribution in [0.15, 0.2) is 54.6 Å². The van der Waals surface area contributed by atoms with Crippen molar-refractivity contribution in [2.75, 3.05) is 50.8 Å². The molecule has 0 spiro atoms. The van der Waals surface area contributed by atoms with Crippen LogP contribution in [0.1, 0.15) is 42.2 Å². The van der Waals surface area contributed by atoms with Crippen molar-refractivity contribution in [2.45, 2.75) is 38.6 Å². The number of nitrogens with one attached hydrogen (secondary N) is 1. The smallest absolute Gasteiger partial charge is 0.409 e. The zero-order valence-corrected chi connectivity index (χ0v) is 25.6. The standard InChI is InChI=1S/C33H37N5O8/c1-2-45-33(44)37-18-16-36(17-19-37)32(43)25(13-14-30(40)41)35-31(42)26-20-28(23-10-4-5-11-24(23)34-26)46-21-29(39)38-15-7-9-22-8-3-6-12-27(22)38/h3-6,8,10-12,20,25H,2,7,9,13-19,21H2,1H3,(H,35,42)(H,40,41)/t25-/m0/s1. The molecule has 2 aliphatic rings. The average molecular weight is 632 g/mol. The number of aliphatic carboxylic acids is 1. The maximum atomic E-state index is 13.5. The van der Waals surface area contributed by atoms with Crippen LogP contribution >= 0.6 is 0 Å². The van der Waals surface area contributed by atoms with Crippen LogP contribution in [0.25, 0.3) is 10.9 Å². The number of aryl methyl sites for hydroxylation is 1. The minimum Gasteiger partial charge on any atom is -0.483 e. The van der Waals surface area contributed by atoms with Gasteiger partial charge >= 0.3 is 12.1 Å². The number of anilines is 1. The molecule has 2 aliphatic heterocycles. The molecule has 242 valence electrons. The van der Waals surface area contributed by atoms with Crippen LogP contribution in [-0.4, -0.2) is 102 Å². The normalized spacial score (nSPS) is 15.1. The zero-order chi connectivity index (χ0) is 32.6. The van der Waals surface area contributed by atoms with Crippen LogP contribution in [0.2, 0.25) is 0 Å². The van der Waals surface area contributed by atoms with Crippen LogP contribution < -0.4 is 15.0 Å². The molecular weight excluding hydrogens is 594 g/mol. The molecule has 3 aromatic rings. The Kier molecular flexibility index (Phi) is 10.3. The molecule has 2 N–H and O–H groups in total. The number of fused-ring (bicyclic) bond motifs is 2. The Hall–Kier alpha value is -5.20. The number of hydrogen-bond acceptors (Lipinski definition) is 8. The molecule has 0 saturated carbocycles. The van der Waals surface area contributed by atoms with Crippen molar-refractivity contribution in [2.24, 2.45) is 0 Å². The molecule has 13 nitrogen and oxygen atoms in total.